The fraction of sp³-hybridized carbons (Fsp3) is 0.538. The van der Waals surface area contributed by atoms with E-state index in [2.05, 4.69) is 0 Å². The van der Waals surface area contributed by atoms with Crippen molar-refractivity contribution >= 4 is 33.3 Å². The van der Waals surface area contributed by atoms with Crippen LogP contribution in [0.25, 0.3) is 0 Å². The minimum Gasteiger partial charge on any atom is -0.282 e. The number of aryl methyl sites for hydroxylation is 1. The summed E-state index contributed by atoms with van der Waals surface area (Å²) in [6.07, 6.45) is 0.592. The molecule has 1 fully saturated rings. The zero-order valence-corrected chi connectivity index (χ0v) is 13.3. The molecule has 0 spiro atoms. The predicted octanol–water partition coefficient (Wildman–Crippen LogP) is 3.61. The van der Waals surface area contributed by atoms with Crippen molar-refractivity contribution in [3.05, 3.63) is 29.3 Å². The van der Waals surface area contributed by atoms with Gasteiger partial charge in [0, 0.05) is 11.3 Å². The highest BCUT2D eigenvalue weighted by Gasteiger charge is 2.69. The third-order valence-electron chi connectivity index (χ3n) is 4.13. The SMILES string of the molecule is Cc1ccc(S(=O)(=O)O)cc1CC1C(C)(C)C1(Cl)Cl. The molecule has 0 bridgehead atoms. The van der Waals surface area contributed by atoms with Crippen molar-refractivity contribution < 1.29 is 13.0 Å². The van der Waals surface area contributed by atoms with Crippen LogP contribution in [0.5, 0.6) is 0 Å². The van der Waals surface area contributed by atoms with E-state index in [1.54, 1.807) is 6.07 Å². The van der Waals surface area contributed by atoms with Crippen molar-refractivity contribution in [1.29, 1.82) is 0 Å². The Morgan fingerprint density at radius 3 is 2.26 bits per heavy atom. The molecule has 3 nitrogen and oxygen atoms in total. The van der Waals surface area contributed by atoms with Gasteiger partial charge in [0.25, 0.3) is 10.1 Å². The maximum Gasteiger partial charge on any atom is 0.294 e. The van der Waals surface area contributed by atoms with Gasteiger partial charge in [-0.25, -0.2) is 0 Å². The van der Waals surface area contributed by atoms with Gasteiger partial charge in [-0.15, -0.1) is 23.2 Å². The summed E-state index contributed by atoms with van der Waals surface area (Å²) in [5, 5.41) is 0. The fourth-order valence-electron chi connectivity index (χ4n) is 2.39. The number of alkyl halides is 2. The lowest BCUT2D eigenvalue weighted by Gasteiger charge is -2.08. The highest BCUT2D eigenvalue weighted by atomic mass is 35.5. The van der Waals surface area contributed by atoms with Crippen molar-refractivity contribution in [2.24, 2.45) is 11.3 Å². The molecule has 0 amide bonds. The monoisotopic (exact) mass is 322 g/mol. The highest BCUT2D eigenvalue weighted by Crippen LogP contribution is 2.69. The van der Waals surface area contributed by atoms with Gasteiger partial charge in [-0.1, -0.05) is 19.9 Å². The van der Waals surface area contributed by atoms with Gasteiger partial charge in [0.15, 0.2) is 0 Å². The standard InChI is InChI=1S/C13H16Cl2O3S/c1-8-4-5-10(19(16,17)18)6-9(8)7-11-12(2,3)13(11,14)15/h4-6,11H,7H2,1-3H3,(H,16,17,18). The molecule has 1 saturated carbocycles. The van der Waals surface area contributed by atoms with Crippen molar-refractivity contribution in [2.45, 2.75) is 36.4 Å². The maximum atomic E-state index is 11.2. The molecule has 106 valence electrons. The summed E-state index contributed by atoms with van der Waals surface area (Å²) in [5.74, 6) is 0.0682. The molecule has 1 aliphatic rings. The van der Waals surface area contributed by atoms with Crippen molar-refractivity contribution in [3.8, 4) is 0 Å². The minimum atomic E-state index is -4.18. The second kappa shape index (κ2) is 4.35. The molecule has 6 heteroatoms. The summed E-state index contributed by atoms with van der Waals surface area (Å²) in [6, 6.07) is 4.56. The Kier molecular flexibility index (Phi) is 3.46. The van der Waals surface area contributed by atoms with Crippen LogP contribution in [0.4, 0.5) is 0 Å². The van der Waals surface area contributed by atoms with E-state index in [4.69, 9.17) is 27.8 Å². The van der Waals surface area contributed by atoms with Crippen molar-refractivity contribution in [1.82, 2.24) is 0 Å². The molecule has 0 saturated heterocycles. The van der Waals surface area contributed by atoms with E-state index in [1.165, 1.54) is 12.1 Å². The van der Waals surface area contributed by atoms with Gasteiger partial charge in [0.2, 0.25) is 0 Å². The van der Waals surface area contributed by atoms with Crippen LogP contribution >= 0.6 is 23.2 Å². The molecule has 1 aromatic carbocycles. The first-order valence-corrected chi connectivity index (χ1v) is 8.12. The maximum absolute atomic E-state index is 11.2. The summed E-state index contributed by atoms with van der Waals surface area (Å²) in [6.45, 7) is 5.86. The first kappa shape index (κ1) is 15.1. The zero-order chi connectivity index (χ0) is 14.6. The van der Waals surface area contributed by atoms with E-state index in [-0.39, 0.29) is 16.2 Å². The van der Waals surface area contributed by atoms with Crippen LogP contribution in [0.1, 0.15) is 25.0 Å². The molecule has 19 heavy (non-hydrogen) atoms. The molecule has 1 atom stereocenters. The Bertz CT molecular complexity index is 607. The Morgan fingerprint density at radius 2 is 1.84 bits per heavy atom. The van der Waals surface area contributed by atoms with Crippen LogP contribution in [0, 0.1) is 18.3 Å². The molecule has 0 heterocycles. The molecule has 1 aromatic rings. The van der Waals surface area contributed by atoms with E-state index in [0.29, 0.717) is 6.42 Å². The van der Waals surface area contributed by atoms with Crippen molar-refractivity contribution in [2.75, 3.05) is 0 Å². The summed E-state index contributed by atoms with van der Waals surface area (Å²) >= 11 is 12.5. The summed E-state index contributed by atoms with van der Waals surface area (Å²) < 4.78 is 30.6. The van der Waals surface area contributed by atoms with Gasteiger partial charge >= 0.3 is 0 Å². The molecule has 0 aromatic heterocycles. The van der Waals surface area contributed by atoms with Crippen LogP contribution in [0.15, 0.2) is 23.1 Å². The summed E-state index contributed by atoms with van der Waals surface area (Å²) in [5.41, 5.74) is 1.60. The van der Waals surface area contributed by atoms with Gasteiger partial charge in [0.1, 0.15) is 4.33 Å². The normalized spacial score (nSPS) is 24.2. The summed E-state index contributed by atoms with van der Waals surface area (Å²) in [7, 11) is -4.18. The van der Waals surface area contributed by atoms with E-state index in [9.17, 15) is 8.42 Å². The van der Waals surface area contributed by atoms with Gasteiger partial charge in [-0.3, -0.25) is 4.55 Å². The molecular weight excluding hydrogens is 307 g/mol. The third kappa shape index (κ3) is 2.51. The third-order valence-corrected chi connectivity index (χ3v) is 6.48. The number of halogens is 2. The molecule has 1 unspecified atom stereocenters. The van der Waals surface area contributed by atoms with Gasteiger partial charge in [-0.2, -0.15) is 8.42 Å². The molecule has 1 aliphatic carbocycles. The topological polar surface area (TPSA) is 54.4 Å². The molecule has 2 rings (SSSR count). The van der Waals surface area contributed by atoms with E-state index >= 15 is 0 Å². The second-order valence-electron chi connectivity index (χ2n) is 5.66. The van der Waals surface area contributed by atoms with Crippen LogP contribution in [0.3, 0.4) is 0 Å². The Hall–Kier alpha value is -0.290. The largest absolute Gasteiger partial charge is 0.294 e. The Labute approximate surface area is 123 Å². The lowest BCUT2D eigenvalue weighted by molar-refractivity contribution is 0.483. The number of benzene rings is 1. The van der Waals surface area contributed by atoms with Crippen LogP contribution in [0.2, 0.25) is 0 Å². The van der Waals surface area contributed by atoms with E-state index in [1.807, 2.05) is 20.8 Å². The second-order valence-corrected chi connectivity index (χ2v) is 8.47. The van der Waals surface area contributed by atoms with Gasteiger partial charge < -0.3 is 0 Å². The van der Waals surface area contributed by atoms with Gasteiger partial charge in [-0.05, 0) is 36.6 Å². The number of hydrogen-bond donors (Lipinski definition) is 1. The lowest BCUT2D eigenvalue weighted by atomic mass is 9.99. The molecule has 0 aliphatic heterocycles. The summed E-state index contributed by atoms with van der Waals surface area (Å²) in [4.78, 5) is -0.0960. The Morgan fingerprint density at radius 1 is 1.32 bits per heavy atom. The predicted molar refractivity (Wildman–Crippen MR) is 76.4 cm³/mol. The first-order chi connectivity index (χ1) is 8.48. The average molecular weight is 323 g/mol. The zero-order valence-electron chi connectivity index (χ0n) is 10.9. The Balaban J connectivity index is 2.32. The van der Waals surface area contributed by atoms with Crippen LogP contribution in [-0.4, -0.2) is 17.3 Å². The van der Waals surface area contributed by atoms with Crippen LogP contribution in [-0.2, 0) is 16.5 Å². The van der Waals surface area contributed by atoms with Crippen LogP contribution < -0.4 is 0 Å². The number of hydrogen-bond acceptors (Lipinski definition) is 2. The quantitative estimate of drug-likeness (QED) is 0.683. The lowest BCUT2D eigenvalue weighted by Crippen LogP contribution is -2.02. The van der Waals surface area contributed by atoms with E-state index < -0.39 is 14.5 Å². The smallest absolute Gasteiger partial charge is 0.282 e. The molecule has 0 radical (unpaired) electrons. The number of rotatable bonds is 3. The van der Waals surface area contributed by atoms with Crippen molar-refractivity contribution in [3.63, 3.8) is 0 Å². The minimum absolute atomic E-state index is 0.0682. The first-order valence-electron chi connectivity index (χ1n) is 5.93. The highest BCUT2D eigenvalue weighted by molar-refractivity contribution is 7.85. The van der Waals surface area contributed by atoms with Gasteiger partial charge in [0.05, 0.1) is 4.90 Å². The molecular formula is C13H16Cl2O3S. The van der Waals surface area contributed by atoms with E-state index in [0.717, 1.165) is 11.1 Å². The average Bonchev–Trinajstić information content (AvgIpc) is 2.62. The molecule has 1 N–H and O–H groups in total. The fourth-order valence-corrected chi connectivity index (χ4v) is 3.77.